The molecule has 0 aliphatic rings. The minimum Gasteiger partial charge on any atom is -0.312 e. The molecule has 2 N–H and O–H groups in total. The van der Waals surface area contributed by atoms with Crippen molar-refractivity contribution < 1.29 is 18.0 Å². The van der Waals surface area contributed by atoms with E-state index < -0.39 is 23.4 Å². The number of hydrogen-bond donors (Lipinski definition) is 1. The van der Waals surface area contributed by atoms with E-state index in [-0.39, 0.29) is 0 Å². The van der Waals surface area contributed by atoms with E-state index in [9.17, 15) is 18.0 Å². The first kappa shape index (κ1) is 13.4. The monoisotopic (exact) mass is 211 g/mol. The predicted octanol–water partition coefficient (Wildman–Crippen LogP) is 2.27. The Balaban J connectivity index is 4.67. The summed E-state index contributed by atoms with van der Waals surface area (Å²) >= 11 is 0. The van der Waals surface area contributed by atoms with Gasteiger partial charge in [0.05, 0.1) is 0 Å². The third-order valence-corrected chi connectivity index (χ3v) is 2.27. The third-order valence-electron chi connectivity index (χ3n) is 2.27. The smallest absolute Gasteiger partial charge is 0.312 e. The van der Waals surface area contributed by atoms with Gasteiger partial charge in [0.2, 0.25) is 0 Å². The number of halogens is 3. The zero-order valence-electron chi connectivity index (χ0n) is 8.61. The molecule has 14 heavy (non-hydrogen) atoms. The predicted molar refractivity (Wildman–Crippen MR) is 47.7 cm³/mol. The number of hydrogen-bond acceptors (Lipinski definition) is 2. The Morgan fingerprint density at radius 2 is 1.86 bits per heavy atom. The van der Waals surface area contributed by atoms with E-state index in [0.717, 1.165) is 6.92 Å². The standard InChI is InChI=1S/C9H16F3NO/c1-4-5-6(2)7(14)8(3,13)9(10,11)12/h6H,4-5,13H2,1-3H3. The summed E-state index contributed by atoms with van der Waals surface area (Å²) in [6.45, 7) is 4.01. The first-order chi connectivity index (χ1) is 6.14. The highest BCUT2D eigenvalue weighted by atomic mass is 19.4. The largest absolute Gasteiger partial charge is 0.413 e. The van der Waals surface area contributed by atoms with Crippen LogP contribution in [0.5, 0.6) is 0 Å². The van der Waals surface area contributed by atoms with E-state index in [2.05, 4.69) is 0 Å². The third kappa shape index (κ3) is 2.70. The molecule has 0 aromatic carbocycles. The van der Waals surface area contributed by atoms with Gasteiger partial charge < -0.3 is 5.73 Å². The Hall–Kier alpha value is -0.580. The SMILES string of the molecule is CCCC(C)C(=O)C(C)(N)C(F)(F)F. The van der Waals surface area contributed by atoms with Crippen LogP contribution >= 0.6 is 0 Å². The van der Waals surface area contributed by atoms with Crippen LogP contribution in [0.15, 0.2) is 0 Å². The number of ketones is 1. The molecule has 84 valence electrons. The second kappa shape index (κ2) is 4.29. The van der Waals surface area contributed by atoms with E-state index in [0.29, 0.717) is 12.8 Å². The molecule has 2 nitrogen and oxygen atoms in total. The fraction of sp³-hybridized carbons (Fsp3) is 0.889. The molecular formula is C9H16F3NO. The average molecular weight is 211 g/mol. The maximum Gasteiger partial charge on any atom is 0.413 e. The maximum absolute atomic E-state index is 12.3. The van der Waals surface area contributed by atoms with Crippen LogP contribution in [0.25, 0.3) is 0 Å². The molecule has 0 bridgehead atoms. The zero-order chi connectivity index (χ0) is 11.6. The Labute approximate surface area is 81.7 Å². The van der Waals surface area contributed by atoms with Gasteiger partial charge in [0, 0.05) is 5.92 Å². The minimum atomic E-state index is -4.67. The summed E-state index contributed by atoms with van der Waals surface area (Å²) in [7, 11) is 0. The first-order valence-electron chi connectivity index (χ1n) is 4.54. The number of nitrogens with two attached hydrogens (primary N) is 1. The van der Waals surface area contributed by atoms with Crippen LogP contribution < -0.4 is 5.73 Å². The lowest BCUT2D eigenvalue weighted by Gasteiger charge is -2.28. The molecule has 0 aliphatic heterocycles. The number of alkyl halides is 3. The number of rotatable bonds is 4. The van der Waals surface area contributed by atoms with Gasteiger partial charge in [-0.3, -0.25) is 4.79 Å². The summed E-state index contributed by atoms with van der Waals surface area (Å²) in [5.74, 6) is -1.58. The summed E-state index contributed by atoms with van der Waals surface area (Å²) in [5, 5.41) is 0. The van der Waals surface area contributed by atoms with Gasteiger partial charge in [-0.15, -0.1) is 0 Å². The summed E-state index contributed by atoms with van der Waals surface area (Å²) in [5.41, 5.74) is 2.27. The Bertz CT molecular complexity index is 211. The fourth-order valence-corrected chi connectivity index (χ4v) is 1.22. The molecule has 0 fully saturated rings. The van der Waals surface area contributed by atoms with Crippen LogP contribution in [-0.4, -0.2) is 17.5 Å². The number of carbonyl (C=O) groups is 1. The minimum absolute atomic E-state index is 0.432. The van der Waals surface area contributed by atoms with Crippen molar-refractivity contribution >= 4 is 5.78 Å². The van der Waals surface area contributed by atoms with Gasteiger partial charge in [-0.2, -0.15) is 13.2 Å². The van der Waals surface area contributed by atoms with Crippen molar-refractivity contribution in [1.29, 1.82) is 0 Å². The molecule has 0 aliphatic carbocycles. The molecule has 2 atom stereocenters. The topological polar surface area (TPSA) is 43.1 Å². The molecule has 0 saturated heterocycles. The van der Waals surface area contributed by atoms with E-state index in [1.807, 2.05) is 6.92 Å². The fourth-order valence-electron chi connectivity index (χ4n) is 1.22. The molecule has 0 rings (SSSR count). The molecule has 0 saturated carbocycles. The molecule has 0 spiro atoms. The van der Waals surface area contributed by atoms with Gasteiger partial charge in [0.15, 0.2) is 11.3 Å². The van der Waals surface area contributed by atoms with Gasteiger partial charge in [0.1, 0.15) is 0 Å². The van der Waals surface area contributed by atoms with Crippen LogP contribution in [-0.2, 0) is 4.79 Å². The van der Waals surface area contributed by atoms with Crippen molar-refractivity contribution in [3.8, 4) is 0 Å². The lowest BCUT2D eigenvalue weighted by Crippen LogP contribution is -2.58. The van der Waals surface area contributed by atoms with Gasteiger partial charge in [-0.05, 0) is 13.3 Å². The van der Waals surface area contributed by atoms with Crippen LogP contribution in [0.3, 0.4) is 0 Å². The average Bonchev–Trinajstić information content (AvgIpc) is 2.01. The van der Waals surface area contributed by atoms with E-state index in [1.54, 1.807) is 0 Å². The summed E-state index contributed by atoms with van der Waals surface area (Å²) in [6, 6.07) is 0. The molecule has 5 heteroatoms. The second-order valence-corrected chi connectivity index (χ2v) is 3.75. The highest BCUT2D eigenvalue weighted by Crippen LogP contribution is 2.31. The second-order valence-electron chi connectivity index (χ2n) is 3.75. The highest BCUT2D eigenvalue weighted by Gasteiger charge is 2.54. The van der Waals surface area contributed by atoms with Crippen LogP contribution in [0.1, 0.15) is 33.6 Å². The van der Waals surface area contributed by atoms with Gasteiger partial charge in [-0.1, -0.05) is 20.3 Å². The Morgan fingerprint density at radius 1 is 1.43 bits per heavy atom. The lowest BCUT2D eigenvalue weighted by atomic mass is 9.86. The van der Waals surface area contributed by atoms with Crippen LogP contribution in [0, 0.1) is 5.92 Å². The Morgan fingerprint density at radius 3 is 2.14 bits per heavy atom. The molecule has 0 heterocycles. The summed E-state index contributed by atoms with van der Waals surface area (Å²) in [6.07, 6.45) is -3.57. The van der Waals surface area contributed by atoms with Crippen LogP contribution in [0.2, 0.25) is 0 Å². The van der Waals surface area contributed by atoms with Gasteiger partial charge in [0.25, 0.3) is 0 Å². The summed E-state index contributed by atoms with van der Waals surface area (Å²) < 4.78 is 37.0. The van der Waals surface area contributed by atoms with Crippen molar-refractivity contribution in [2.24, 2.45) is 11.7 Å². The quantitative estimate of drug-likeness (QED) is 0.775. The lowest BCUT2D eigenvalue weighted by molar-refractivity contribution is -0.188. The highest BCUT2D eigenvalue weighted by molar-refractivity contribution is 5.90. The first-order valence-corrected chi connectivity index (χ1v) is 4.54. The van der Waals surface area contributed by atoms with Crippen molar-refractivity contribution in [3.05, 3.63) is 0 Å². The Kier molecular flexibility index (Phi) is 4.12. The van der Waals surface area contributed by atoms with Crippen molar-refractivity contribution in [2.75, 3.05) is 0 Å². The van der Waals surface area contributed by atoms with E-state index in [4.69, 9.17) is 5.73 Å². The van der Waals surface area contributed by atoms with Crippen molar-refractivity contribution in [2.45, 2.75) is 45.3 Å². The maximum atomic E-state index is 12.3. The molecule has 0 radical (unpaired) electrons. The molecule has 0 aromatic heterocycles. The zero-order valence-corrected chi connectivity index (χ0v) is 8.61. The molecule has 2 unspecified atom stereocenters. The van der Waals surface area contributed by atoms with E-state index >= 15 is 0 Å². The van der Waals surface area contributed by atoms with E-state index in [1.165, 1.54) is 6.92 Å². The molecular weight excluding hydrogens is 195 g/mol. The summed E-state index contributed by atoms with van der Waals surface area (Å²) in [4.78, 5) is 11.4. The number of Topliss-reactive ketones (excluding diaryl/α,β-unsaturated/α-hetero) is 1. The molecule has 0 aromatic rings. The van der Waals surface area contributed by atoms with Crippen molar-refractivity contribution in [3.63, 3.8) is 0 Å². The van der Waals surface area contributed by atoms with Gasteiger partial charge in [-0.25, -0.2) is 0 Å². The van der Waals surface area contributed by atoms with Crippen LogP contribution in [0.4, 0.5) is 13.2 Å². The number of carbonyl (C=O) groups excluding carboxylic acids is 1. The molecule has 0 amide bonds. The normalized spacial score (nSPS) is 18.8. The van der Waals surface area contributed by atoms with Crippen molar-refractivity contribution in [1.82, 2.24) is 0 Å². The van der Waals surface area contributed by atoms with Gasteiger partial charge >= 0.3 is 6.18 Å².